The molecule has 0 aliphatic rings. The van der Waals surface area contributed by atoms with Crippen LogP contribution in [0.25, 0.3) is 0 Å². The van der Waals surface area contributed by atoms with E-state index in [1.165, 1.54) is 141 Å². The SMILES string of the molecule is CCCCCCCCCCCCCCCCCC(=O)OC[C@H](COP(=O)(O)OC[C@@H](O)COP(=O)(O)OC[C@@H](COC(=O)CCCCCCC)OC(=O)CCCCCCC)OC(=O)CCCCCCCCCCCCCCCCC(C)CC. The number of ether oxygens (including phenoxy) is 4. The summed E-state index contributed by atoms with van der Waals surface area (Å²) in [6.45, 7) is 7.07. The maximum Gasteiger partial charge on any atom is 0.472 e. The number of hydrogen-bond donors (Lipinski definition) is 3. The molecule has 0 spiro atoms. The van der Waals surface area contributed by atoms with Crippen LogP contribution in [0, 0.1) is 5.92 Å². The van der Waals surface area contributed by atoms with Crippen molar-refractivity contribution in [3.05, 3.63) is 0 Å². The smallest absolute Gasteiger partial charge is 0.462 e. The Bertz CT molecular complexity index is 1620. The summed E-state index contributed by atoms with van der Waals surface area (Å²) in [4.78, 5) is 71.7. The van der Waals surface area contributed by atoms with Gasteiger partial charge in [0, 0.05) is 25.7 Å². The van der Waals surface area contributed by atoms with E-state index in [1.807, 2.05) is 0 Å². The summed E-state index contributed by atoms with van der Waals surface area (Å²) in [7, 11) is -9.87. The lowest BCUT2D eigenvalue weighted by molar-refractivity contribution is -0.161. The molecule has 0 fully saturated rings. The van der Waals surface area contributed by atoms with Crippen LogP contribution in [0.2, 0.25) is 0 Å². The molecule has 0 radical (unpaired) electrons. The van der Waals surface area contributed by atoms with E-state index in [-0.39, 0.29) is 25.7 Å². The van der Waals surface area contributed by atoms with Gasteiger partial charge in [-0.2, -0.15) is 0 Å². The maximum atomic E-state index is 13.0. The standard InChI is InChI=1S/C64H124O17P2/c1-6-10-13-16-17-18-19-20-21-25-28-31-34-39-43-48-62(67)75-54-60(81-64(69)50-45-40-35-32-29-26-23-22-24-27-30-33-38-41-46-57(5)9-4)56-79-83(72,73)77-52-58(65)51-76-82(70,71)78-55-59(80-63(68)49-44-37-15-12-8-3)53-74-61(66)47-42-36-14-11-7-2/h57-60,65H,6-56H2,1-5H3,(H,70,71)(H,72,73)/t57?,58-,59+,60+/m0/s1. The third-order valence-electron chi connectivity index (χ3n) is 15.1. The van der Waals surface area contributed by atoms with Crippen molar-refractivity contribution in [3.63, 3.8) is 0 Å². The largest absolute Gasteiger partial charge is 0.472 e. The Morgan fingerprint density at radius 2 is 0.578 bits per heavy atom. The summed E-state index contributed by atoms with van der Waals surface area (Å²) in [6, 6.07) is 0. The molecule has 0 aromatic carbocycles. The van der Waals surface area contributed by atoms with Crippen LogP contribution in [0.3, 0.4) is 0 Å². The molecule has 0 aromatic rings. The molecule has 3 unspecified atom stereocenters. The minimum Gasteiger partial charge on any atom is -0.462 e. The predicted octanol–water partition coefficient (Wildman–Crippen LogP) is 17.8. The van der Waals surface area contributed by atoms with Crippen molar-refractivity contribution in [1.82, 2.24) is 0 Å². The van der Waals surface area contributed by atoms with E-state index in [9.17, 15) is 43.2 Å². The van der Waals surface area contributed by atoms with E-state index in [2.05, 4.69) is 34.6 Å². The Morgan fingerprint density at radius 3 is 0.855 bits per heavy atom. The monoisotopic (exact) mass is 1230 g/mol. The lowest BCUT2D eigenvalue weighted by atomic mass is 9.99. The minimum atomic E-state index is -4.94. The topological polar surface area (TPSA) is 237 Å². The highest BCUT2D eigenvalue weighted by Crippen LogP contribution is 2.45. The van der Waals surface area contributed by atoms with Gasteiger partial charge in [0.1, 0.15) is 19.3 Å². The normalized spacial score (nSPS) is 14.6. The van der Waals surface area contributed by atoms with E-state index in [4.69, 9.17) is 37.0 Å². The molecule has 0 rings (SSSR count). The fraction of sp³-hybridized carbons (Fsp3) is 0.938. The van der Waals surface area contributed by atoms with E-state index < -0.39 is 97.5 Å². The molecule has 492 valence electrons. The molecule has 0 aliphatic carbocycles. The van der Waals surface area contributed by atoms with Crippen LogP contribution in [0.15, 0.2) is 0 Å². The average Bonchev–Trinajstić information content (AvgIpc) is 3.46. The van der Waals surface area contributed by atoms with Gasteiger partial charge in [0.25, 0.3) is 0 Å². The van der Waals surface area contributed by atoms with Gasteiger partial charge in [-0.1, -0.05) is 272 Å². The summed E-state index contributed by atoms with van der Waals surface area (Å²) in [5.41, 5.74) is 0. The summed E-state index contributed by atoms with van der Waals surface area (Å²) in [5.74, 6) is -1.31. The number of esters is 4. The van der Waals surface area contributed by atoms with Crippen molar-refractivity contribution in [2.24, 2.45) is 5.92 Å². The molecule has 0 aliphatic heterocycles. The molecule has 19 heteroatoms. The molecule has 0 heterocycles. The highest BCUT2D eigenvalue weighted by molar-refractivity contribution is 7.47. The van der Waals surface area contributed by atoms with Gasteiger partial charge in [0.05, 0.1) is 26.4 Å². The first-order valence-corrected chi connectivity index (χ1v) is 36.7. The molecule has 0 bridgehead atoms. The number of rotatable bonds is 64. The van der Waals surface area contributed by atoms with Crippen LogP contribution in [-0.4, -0.2) is 96.7 Å². The number of carbonyl (C=O) groups is 4. The fourth-order valence-corrected chi connectivity index (χ4v) is 11.1. The van der Waals surface area contributed by atoms with Crippen molar-refractivity contribution < 1.29 is 80.2 Å². The Labute approximate surface area is 505 Å². The first-order chi connectivity index (χ1) is 40.1. The quantitative estimate of drug-likeness (QED) is 0.0222. The zero-order valence-corrected chi connectivity index (χ0v) is 55.1. The zero-order chi connectivity index (χ0) is 61.3. The number of phosphoric ester groups is 2. The summed E-state index contributed by atoms with van der Waals surface area (Å²) < 4.78 is 67.6. The molecule has 3 N–H and O–H groups in total. The van der Waals surface area contributed by atoms with Crippen LogP contribution < -0.4 is 0 Å². The first kappa shape index (κ1) is 81.1. The number of unbranched alkanes of at least 4 members (excludes halogenated alkanes) is 35. The van der Waals surface area contributed by atoms with Crippen LogP contribution in [0.4, 0.5) is 0 Å². The molecule has 0 saturated carbocycles. The summed E-state index contributed by atoms with van der Waals surface area (Å²) >= 11 is 0. The van der Waals surface area contributed by atoms with Gasteiger partial charge in [-0.25, -0.2) is 9.13 Å². The lowest BCUT2D eigenvalue weighted by Crippen LogP contribution is -2.30. The lowest BCUT2D eigenvalue weighted by Gasteiger charge is -2.21. The summed E-state index contributed by atoms with van der Waals surface area (Å²) in [5, 5.41) is 10.5. The van der Waals surface area contributed by atoms with Gasteiger partial charge in [-0.15, -0.1) is 0 Å². The van der Waals surface area contributed by atoms with Gasteiger partial charge in [-0.3, -0.25) is 37.3 Å². The van der Waals surface area contributed by atoms with Crippen LogP contribution in [-0.2, 0) is 65.4 Å². The van der Waals surface area contributed by atoms with E-state index in [0.717, 1.165) is 102 Å². The van der Waals surface area contributed by atoms with Crippen LogP contribution in [0.5, 0.6) is 0 Å². The second-order valence-electron chi connectivity index (χ2n) is 23.4. The highest BCUT2D eigenvalue weighted by Gasteiger charge is 2.30. The Balaban J connectivity index is 5.09. The molecule has 83 heavy (non-hydrogen) atoms. The Hall–Kier alpha value is -1.94. The number of aliphatic hydroxyl groups is 1. The molecule has 6 atom stereocenters. The average molecular weight is 1230 g/mol. The second kappa shape index (κ2) is 57.8. The van der Waals surface area contributed by atoms with E-state index in [1.54, 1.807) is 0 Å². The molecule has 0 saturated heterocycles. The van der Waals surface area contributed by atoms with Gasteiger partial charge >= 0.3 is 39.5 Å². The molecule has 0 amide bonds. The number of phosphoric acid groups is 2. The van der Waals surface area contributed by atoms with Crippen LogP contribution in [0.1, 0.15) is 324 Å². The van der Waals surface area contributed by atoms with Gasteiger partial charge in [-0.05, 0) is 31.6 Å². The summed E-state index contributed by atoms with van der Waals surface area (Å²) in [6.07, 6.45) is 42.5. The molecule has 17 nitrogen and oxygen atoms in total. The third-order valence-corrected chi connectivity index (χ3v) is 17.0. The third kappa shape index (κ3) is 57.6. The second-order valence-corrected chi connectivity index (χ2v) is 26.3. The number of aliphatic hydroxyl groups excluding tert-OH is 1. The van der Waals surface area contributed by atoms with Crippen molar-refractivity contribution in [1.29, 1.82) is 0 Å². The highest BCUT2D eigenvalue weighted by atomic mass is 31.2. The van der Waals surface area contributed by atoms with Crippen molar-refractivity contribution in [2.75, 3.05) is 39.6 Å². The number of carbonyl (C=O) groups excluding carboxylic acids is 4. The van der Waals surface area contributed by atoms with E-state index >= 15 is 0 Å². The van der Waals surface area contributed by atoms with Gasteiger partial charge in [0.2, 0.25) is 0 Å². The molecular weight excluding hydrogens is 1100 g/mol. The first-order valence-electron chi connectivity index (χ1n) is 33.7. The Morgan fingerprint density at radius 1 is 0.337 bits per heavy atom. The Kier molecular flexibility index (Phi) is 56.4. The minimum absolute atomic E-state index is 0.0990. The van der Waals surface area contributed by atoms with Gasteiger partial charge in [0.15, 0.2) is 12.2 Å². The predicted molar refractivity (Wildman–Crippen MR) is 331 cm³/mol. The van der Waals surface area contributed by atoms with Crippen LogP contribution >= 0.6 is 15.6 Å². The number of hydrogen-bond acceptors (Lipinski definition) is 15. The van der Waals surface area contributed by atoms with Crippen molar-refractivity contribution in [2.45, 2.75) is 342 Å². The van der Waals surface area contributed by atoms with E-state index in [0.29, 0.717) is 25.7 Å². The fourth-order valence-electron chi connectivity index (χ4n) is 9.55. The van der Waals surface area contributed by atoms with Crippen molar-refractivity contribution >= 4 is 39.5 Å². The van der Waals surface area contributed by atoms with Gasteiger partial charge < -0.3 is 33.8 Å². The molecular formula is C64H124O17P2. The molecule has 0 aromatic heterocycles. The maximum absolute atomic E-state index is 13.0. The zero-order valence-electron chi connectivity index (χ0n) is 53.3. The van der Waals surface area contributed by atoms with Crippen molar-refractivity contribution in [3.8, 4) is 0 Å².